The summed E-state index contributed by atoms with van der Waals surface area (Å²) in [6.07, 6.45) is 1.80. The number of likely N-dealkylation sites (tertiary alicyclic amines) is 1. The molecule has 21 heavy (non-hydrogen) atoms. The summed E-state index contributed by atoms with van der Waals surface area (Å²) < 4.78 is 0. The molecule has 2 rings (SSSR count). The first-order valence-corrected chi connectivity index (χ1v) is 8.19. The van der Waals surface area contributed by atoms with Crippen LogP contribution in [0.4, 0.5) is 0 Å². The van der Waals surface area contributed by atoms with Gasteiger partial charge in [0, 0.05) is 31.3 Å². The Bertz CT molecular complexity index is 475. The van der Waals surface area contributed by atoms with E-state index in [9.17, 15) is 14.7 Å². The lowest BCUT2D eigenvalue weighted by Gasteiger charge is -2.21. The second kappa shape index (κ2) is 7.56. The number of rotatable bonds is 4. The van der Waals surface area contributed by atoms with Crippen molar-refractivity contribution in [2.75, 3.05) is 13.1 Å². The zero-order valence-electron chi connectivity index (χ0n) is 12.2. The van der Waals surface area contributed by atoms with Crippen LogP contribution in [0.3, 0.4) is 0 Å². The Kier molecular flexibility index (Phi) is 5.76. The van der Waals surface area contributed by atoms with Gasteiger partial charge in [-0.05, 0) is 30.7 Å². The minimum Gasteiger partial charge on any atom is -0.391 e. The monoisotopic (exact) mass is 310 g/mol. The van der Waals surface area contributed by atoms with Gasteiger partial charge in [-0.3, -0.25) is 9.59 Å². The van der Waals surface area contributed by atoms with Gasteiger partial charge >= 0.3 is 0 Å². The molecule has 0 aromatic carbocycles. The number of aliphatic hydroxyl groups excluding tert-OH is 1. The normalized spacial score (nSPS) is 22.7. The van der Waals surface area contributed by atoms with Crippen LogP contribution in [-0.4, -0.2) is 47.1 Å². The Balaban J connectivity index is 1.83. The van der Waals surface area contributed by atoms with E-state index in [0.29, 0.717) is 32.4 Å². The van der Waals surface area contributed by atoms with E-state index in [1.807, 2.05) is 17.5 Å². The van der Waals surface area contributed by atoms with Crippen molar-refractivity contribution < 1.29 is 14.7 Å². The molecule has 0 saturated carbocycles. The van der Waals surface area contributed by atoms with Crippen molar-refractivity contribution in [3.05, 3.63) is 22.4 Å². The molecule has 1 aromatic rings. The summed E-state index contributed by atoms with van der Waals surface area (Å²) in [4.78, 5) is 26.4. The van der Waals surface area contributed by atoms with Gasteiger partial charge in [-0.25, -0.2) is 0 Å². The number of hydrogen-bond donors (Lipinski definition) is 2. The maximum Gasteiger partial charge on any atom is 0.222 e. The van der Waals surface area contributed by atoms with Crippen LogP contribution in [0.5, 0.6) is 0 Å². The lowest BCUT2D eigenvalue weighted by atomic mass is 10.1. The third-order valence-electron chi connectivity index (χ3n) is 3.78. The number of aryl methyl sites for hydroxylation is 1. The molecule has 0 aliphatic carbocycles. The average Bonchev–Trinajstić information content (AvgIpc) is 2.89. The van der Waals surface area contributed by atoms with E-state index >= 15 is 0 Å². The largest absolute Gasteiger partial charge is 0.391 e. The highest BCUT2D eigenvalue weighted by Gasteiger charge is 2.27. The van der Waals surface area contributed by atoms with Crippen molar-refractivity contribution in [3.8, 4) is 0 Å². The number of amides is 2. The predicted molar refractivity (Wildman–Crippen MR) is 82.1 cm³/mol. The van der Waals surface area contributed by atoms with E-state index in [-0.39, 0.29) is 17.9 Å². The molecule has 2 atom stereocenters. The van der Waals surface area contributed by atoms with Gasteiger partial charge in [0.25, 0.3) is 0 Å². The third kappa shape index (κ3) is 4.82. The maximum absolute atomic E-state index is 12.2. The van der Waals surface area contributed by atoms with Gasteiger partial charge in [-0.2, -0.15) is 0 Å². The molecule has 5 nitrogen and oxygen atoms in total. The van der Waals surface area contributed by atoms with Crippen molar-refractivity contribution in [1.29, 1.82) is 0 Å². The van der Waals surface area contributed by atoms with Gasteiger partial charge in [0.2, 0.25) is 11.8 Å². The highest BCUT2D eigenvalue weighted by atomic mass is 32.1. The summed E-state index contributed by atoms with van der Waals surface area (Å²) in [5.74, 6) is -0.0180. The van der Waals surface area contributed by atoms with Crippen LogP contribution in [0.15, 0.2) is 17.5 Å². The van der Waals surface area contributed by atoms with Crippen LogP contribution in [0.2, 0.25) is 0 Å². The topological polar surface area (TPSA) is 69.6 Å². The summed E-state index contributed by atoms with van der Waals surface area (Å²) in [6, 6.07) is 3.78. The highest BCUT2D eigenvalue weighted by molar-refractivity contribution is 7.09. The fourth-order valence-electron chi connectivity index (χ4n) is 2.61. The number of nitrogens with zero attached hydrogens (tertiary/aromatic N) is 1. The van der Waals surface area contributed by atoms with Gasteiger partial charge in [-0.1, -0.05) is 6.07 Å². The van der Waals surface area contributed by atoms with Crippen LogP contribution in [-0.2, 0) is 16.0 Å². The van der Waals surface area contributed by atoms with Crippen molar-refractivity contribution in [2.24, 2.45) is 0 Å². The van der Waals surface area contributed by atoms with E-state index in [1.54, 1.807) is 16.2 Å². The zero-order valence-corrected chi connectivity index (χ0v) is 13.1. The van der Waals surface area contributed by atoms with Crippen molar-refractivity contribution in [1.82, 2.24) is 10.2 Å². The van der Waals surface area contributed by atoms with E-state index in [0.717, 1.165) is 6.42 Å². The van der Waals surface area contributed by atoms with Crippen LogP contribution < -0.4 is 5.32 Å². The second-order valence-electron chi connectivity index (χ2n) is 5.41. The first kappa shape index (κ1) is 16.0. The molecule has 2 N–H and O–H groups in total. The van der Waals surface area contributed by atoms with Gasteiger partial charge in [0.1, 0.15) is 0 Å². The van der Waals surface area contributed by atoms with Crippen LogP contribution in [0.25, 0.3) is 0 Å². The standard InChI is InChI=1S/C15H22N2O3S/c1-11(18)16-13-6-8-17(9-7-14(13)19)15(20)5-4-12-3-2-10-21-12/h2-3,10,13-14,19H,4-9H2,1H3,(H,16,18)/t13-,14-/m0/s1. The quantitative estimate of drug-likeness (QED) is 0.877. The summed E-state index contributed by atoms with van der Waals surface area (Å²) in [7, 11) is 0. The summed E-state index contributed by atoms with van der Waals surface area (Å²) in [6.45, 7) is 2.59. The number of aliphatic hydroxyl groups is 1. The van der Waals surface area contributed by atoms with Gasteiger partial charge < -0.3 is 15.3 Å². The van der Waals surface area contributed by atoms with E-state index in [1.165, 1.54) is 11.8 Å². The molecule has 6 heteroatoms. The second-order valence-corrected chi connectivity index (χ2v) is 6.44. The smallest absolute Gasteiger partial charge is 0.222 e. The molecule has 2 amide bonds. The molecule has 0 unspecified atom stereocenters. The molecule has 0 bridgehead atoms. The third-order valence-corrected chi connectivity index (χ3v) is 4.71. The molecule has 1 fully saturated rings. The first-order chi connectivity index (χ1) is 10.1. The van der Waals surface area contributed by atoms with Crippen LogP contribution in [0, 0.1) is 0 Å². The molecule has 116 valence electrons. The first-order valence-electron chi connectivity index (χ1n) is 7.31. The Hall–Kier alpha value is -1.40. The lowest BCUT2D eigenvalue weighted by Crippen LogP contribution is -2.42. The Morgan fingerprint density at radius 2 is 2.19 bits per heavy atom. The van der Waals surface area contributed by atoms with Crippen molar-refractivity contribution in [3.63, 3.8) is 0 Å². The maximum atomic E-state index is 12.2. The summed E-state index contributed by atoms with van der Waals surface area (Å²) in [5.41, 5.74) is 0. The van der Waals surface area contributed by atoms with Gasteiger partial charge in [0.05, 0.1) is 12.1 Å². The average molecular weight is 310 g/mol. The highest BCUT2D eigenvalue weighted by Crippen LogP contribution is 2.15. The Labute approximate surface area is 129 Å². The summed E-state index contributed by atoms with van der Waals surface area (Å²) in [5, 5.41) is 14.8. The minimum atomic E-state index is -0.580. The van der Waals surface area contributed by atoms with Gasteiger partial charge in [0.15, 0.2) is 0 Å². The number of thiophene rings is 1. The number of nitrogens with one attached hydrogen (secondary N) is 1. The summed E-state index contributed by atoms with van der Waals surface area (Å²) >= 11 is 1.67. The van der Waals surface area contributed by atoms with Crippen molar-refractivity contribution >= 4 is 23.2 Å². The molecule has 1 aromatic heterocycles. The lowest BCUT2D eigenvalue weighted by molar-refractivity contribution is -0.131. The molecule has 0 radical (unpaired) electrons. The predicted octanol–water partition coefficient (Wildman–Crippen LogP) is 1.17. The number of hydrogen-bond acceptors (Lipinski definition) is 4. The fraction of sp³-hybridized carbons (Fsp3) is 0.600. The molecule has 2 heterocycles. The number of carbonyl (C=O) groups excluding carboxylic acids is 2. The van der Waals surface area contributed by atoms with E-state index in [4.69, 9.17) is 0 Å². The molecular formula is C15H22N2O3S. The van der Waals surface area contributed by atoms with Crippen molar-refractivity contribution in [2.45, 2.75) is 44.8 Å². The van der Waals surface area contributed by atoms with Crippen LogP contribution in [0.1, 0.15) is 31.1 Å². The van der Waals surface area contributed by atoms with Crippen LogP contribution >= 0.6 is 11.3 Å². The fourth-order valence-corrected chi connectivity index (χ4v) is 3.32. The van der Waals surface area contributed by atoms with Gasteiger partial charge in [-0.15, -0.1) is 11.3 Å². The Morgan fingerprint density at radius 3 is 2.86 bits per heavy atom. The van der Waals surface area contributed by atoms with E-state index in [2.05, 4.69) is 5.32 Å². The molecule has 0 spiro atoms. The molecule has 1 aliphatic rings. The minimum absolute atomic E-state index is 0.124. The number of carbonyl (C=O) groups is 2. The SMILES string of the molecule is CC(=O)N[C@H]1CCN(C(=O)CCc2cccs2)CC[C@@H]1O. The molecular weight excluding hydrogens is 288 g/mol. The zero-order chi connectivity index (χ0) is 15.2. The molecule has 1 saturated heterocycles. The molecule has 1 aliphatic heterocycles. The Morgan fingerprint density at radius 1 is 1.43 bits per heavy atom. The van der Waals surface area contributed by atoms with E-state index < -0.39 is 6.10 Å².